The second-order valence-corrected chi connectivity index (χ2v) is 5.94. The van der Waals surface area contributed by atoms with E-state index < -0.39 is 35.2 Å². The topological polar surface area (TPSA) is 86.7 Å². The molecule has 0 N–H and O–H groups in total. The van der Waals surface area contributed by atoms with Gasteiger partial charge in [0, 0.05) is 11.1 Å². The Bertz CT molecular complexity index is 527. The standard InChI is InChI=1S/C16H22O6/c1-9(2)12(17)21-14(19)11(5)8-16(6,7)15(20)22-13(18)10(3)4/h11H,1,3,8H2,2,4-7H3. The molecule has 6 nitrogen and oxygen atoms in total. The summed E-state index contributed by atoms with van der Waals surface area (Å²) in [5.41, 5.74) is -0.898. The molecule has 0 bridgehead atoms. The molecule has 0 rings (SSSR count). The van der Waals surface area contributed by atoms with Gasteiger partial charge >= 0.3 is 23.9 Å². The highest BCUT2D eigenvalue weighted by Crippen LogP contribution is 2.28. The zero-order chi connectivity index (χ0) is 17.7. The van der Waals surface area contributed by atoms with Gasteiger partial charge in [0.05, 0.1) is 11.3 Å². The predicted octanol–water partition coefficient (Wildman–Crippen LogP) is 2.33. The van der Waals surface area contributed by atoms with Crippen LogP contribution in [-0.2, 0) is 28.7 Å². The fraction of sp³-hybridized carbons (Fsp3) is 0.500. The van der Waals surface area contributed by atoms with Gasteiger partial charge in [0.25, 0.3) is 0 Å². The quantitative estimate of drug-likeness (QED) is 0.425. The maximum atomic E-state index is 12.0. The summed E-state index contributed by atoms with van der Waals surface area (Å²) in [5.74, 6) is -3.89. The molecule has 122 valence electrons. The van der Waals surface area contributed by atoms with E-state index in [0.29, 0.717) is 0 Å². The Hall–Kier alpha value is -2.24. The summed E-state index contributed by atoms with van der Waals surface area (Å²) in [6.07, 6.45) is 0.0532. The first-order valence-electron chi connectivity index (χ1n) is 6.72. The highest BCUT2D eigenvalue weighted by Gasteiger charge is 2.35. The Morgan fingerprint density at radius 1 is 0.955 bits per heavy atom. The second-order valence-electron chi connectivity index (χ2n) is 5.94. The molecule has 0 aromatic carbocycles. The molecule has 0 aliphatic rings. The maximum Gasteiger partial charge on any atom is 0.340 e. The largest absolute Gasteiger partial charge is 0.389 e. The van der Waals surface area contributed by atoms with Crippen LogP contribution in [0.1, 0.15) is 41.0 Å². The van der Waals surface area contributed by atoms with Crippen LogP contribution in [0.3, 0.4) is 0 Å². The maximum absolute atomic E-state index is 12.0. The van der Waals surface area contributed by atoms with Gasteiger partial charge in [0.2, 0.25) is 0 Å². The predicted molar refractivity (Wildman–Crippen MR) is 79.4 cm³/mol. The molecule has 0 aromatic heterocycles. The van der Waals surface area contributed by atoms with Gasteiger partial charge < -0.3 is 9.47 Å². The molecule has 0 saturated carbocycles. The molecule has 0 spiro atoms. The molecule has 6 heteroatoms. The van der Waals surface area contributed by atoms with E-state index in [2.05, 4.69) is 22.6 Å². The molecule has 0 amide bonds. The van der Waals surface area contributed by atoms with Crippen molar-refractivity contribution in [1.29, 1.82) is 0 Å². The van der Waals surface area contributed by atoms with Crippen LogP contribution in [0.4, 0.5) is 0 Å². The van der Waals surface area contributed by atoms with Gasteiger partial charge in [0.15, 0.2) is 0 Å². The summed E-state index contributed by atoms with van der Waals surface area (Å²) >= 11 is 0. The van der Waals surface area contributed by atoms with Crippen molar-refractivity contribution in [1.82, 2.24) is 0 Å². The summed E-state index contributed by atoms with van der Waals surface area (Å²) in [7, 11) is 0. The van der Waals surface area contributed by atoms with E-state index in [-0.39, 0.29) is 17.6 Å². The molecule has 0 aliphatic heterocycles. The molecule has 22 heavy (non-hydrogen) atoms. The molecular formula is C16H22O6. The third-order valence-corrected chi connectivity index (χ3v) is 2.85. The average Bonchev–Trinajstić information content (AvgIpc) is 2.37. The second kappa shape index (κ2) is 7.68. The van der Waals surface area contributed by atoms with Crippen LogP contribution in [0.25, 0.3) is 0 Å². The van der Waals surface area contributed by atoms with Crippen molar-refractivity contribution in [2.24, 2.45) is 11.3 Å². The summed E-state index contributed by atoms with van der Waals surface area (Å²) in [6.45, 7) is 14.2. The van der Waals surface area contributed by atoms with Crippen molar-refractivity contribution in [3.63, 3.8) is 0 Å². The highest BCUT2D eigenvalue weighted by atomic mass is 16.6. The molecule has 1 unspecified atom stereocenters. The third-order valence-electron chi connectivity index (χ3n) is 2.85. The van der Waals surface area contributed by atoms with Gasteiger partial charge in [-0.05, 0) is 34.1 Å². The molecule has 0 heterocycles. The fourth-order valence-electron chi connectivity index (χ4n) is 1.52. The molecule has 0 aromatic rings. The third kappa shape index (κ3) is 6.03. The van der Waals surface area contributed by atoms with Crippen molar-refractivity contribution < 1.29 is 28.7 Å². The minimum atomic E-state index is -1.10. The highest BCUT2D eigenvalue weighted by molar-refractivity contribution is 5.97. The number of ether oxygens (including phenoxy) is 2. The van der Waals surface area contributed by atoms with Gasteiger partial charge in [-0.25, -0.2) is 9.59 Å². The van der Waals surface area contributed by atoms with Crippen molar-refractivity contribution in [3.8, 4) is 0 Å². The summed E-state index contributed by atoms with van der Waals surface area (Å²) in [6, 6.07) is 0. The first-order chi connectivity index (χ1) is 9.88. The monoisotopic (exact) mass is 310 g/mol. The minimum absolute atomic E-state index is 0.0532. The van der Waals surface area contributed by atoms with Crippen molar-refractivity contribution in [3.05, 3.63) is 24.3 Å². The van der Waals surface area contributed by atoms with E-state index in [4.69, 9.17) is 0 Å². The molecular weight excluding hydrogens is 288 g/mol. The van der Waals surface area contributed by atoms with Gasteiger partial charge in [0.1, 0.15) is 0 Å². The van der Waals surface area contributed by atoms with Gasteiger partial charge in [-0.3, -0.25) is 9.59 Å². The van der Waals surface area contributed by atoms with Crippen LogP contribution in [0, 0.1) is 11.3 Å². The van der Waals surface area contributed by atoms with Crippen LogP contribution in [0.2, 0.25) is 0 Å². The van der Waals surface area contributed by atoms with Crippen LogP contribution in [0.5, 0.6) is 0 Å². The summed E-state index contributed by atoms with van der Waals surface area (Å²) in [5, 5.41) is 0. The Morgan fingerprint density at radius 3 is 1.77 bits per heavy atom. The van der Waals surface area contributed by atoms with Crippen LogP contribution in [0.15, 0.2) is 24.3 Å². The van der Waals surface area contributed by atoms with E-state index in [0.717, 1.165) is 0 Å². The molecule has 0 aliphatic carbocycles. The first-order valence-corrected chi connectivity index (χ1v) is 6.72. The van der Waals surface area contributed by atoms with Gasteiger partial charge in [-0.2, -0.15) is 0 Å². The van der Waals surface area contributed by atoms with Crippen LogP contribution < -0.4 is 0 Å². The first kappa shape index (κ1) is 19.8. The molecule has 0 radical (unpaired) electrons. The Morgan fingerprint density at radius 2 is 1.36 bits per heavy atom. The lowest BCUT2D eigenvalue weighted by Gasteiger charge is -2.24. The van der Waals surface area contributed by atoms with Crippen LogP contribution >= 0.6 is 0 Å². The minimum Gasteiger partial charge on any atom is -0.389 e. The zero-order valence-corrected chi connectivity index (χ0v) is 13.6. The summed E-state index contributed by atoms with van der Waals surface area (Å²) < 4.78 is 9.27. The Balaban J connectivity index is 4.75. The van der Waals surface area contributed by atoms with E-state index >= 15 is 0 Å². The zero-order valence-electron chi connectivity index (χ0n) is 13.6. The molecule has 0 saturated heterocycles. The van der Waals surface area contributed by atoms with Crippen LogP contribution in [-0.4, -0.2) is 23.9 Å². The number of hydrogen-bond acceptors (Lipinski definition) is 6. The van der Waals surface area contributed by atoms with Gasteiger partial charge in [-0.1, -0.05) is 20.1 Å². The fourth-order valence-corrected chi connectivity index (χ4v) is 1.52. The van der Waals surface area contributed by atoms with E-state index in [1.54, 1.807) is 0 Å². The van der Waals surface area contributed by atoms with E-state index in [1.165, 1.54) is 34.6 Å². The molecule has 1 atom stereocenters. The van der Waals surface area contributed by atoms with Crippen molar-refractivity contribution in [2.45, 2.75) is 41.0 Å². The lowest BCUT2D eigenvalue weighted by atomic mass is 9.83. The molecule has 0 fully saturated rings. The lowest BCUT2D eigenvalue weighted by molar-refractivity contribution is -0.165. The van der Waals surface area contributed by atoms with Crippen molar-refractivity contribution >= 4 is 23.9 Å². The Labute approximate surface area is 130 Å². The number of carbonyl (C=O) groups excluding carboxylic acids is 4. The average molecular weight is 310 g/mol. The SMILES string of the molecule is C=C(C)C(=O)OC(=O)C(C)CC(C)(C)C(=O)OC(=O)C(=C)C. The smallest absolute Gasteiger partial charge is 0.340 e. The number of hydrogen-bond donors (Lipinski definition) is 0. The van der Waals surface area contributed by atoms with E-state index in [9.17, 15) is 19.2 Å². The summed E-state index contributed by atoms with van der Waals surface area (Å²) in [4.78, 5) is 46.4. The number of carbonyl (C=O) groups is 4. The van der Waals surface area contributed by atoms with Gasteiger partial charge in [-0.15, -0.1) is 0 Å². The normalized spacial score (nSPS) is 12.0. The number of esters is 4. The Kier molecular flexibility index (Phi) is 6.90. The number of rotatable bonds is 6. The lowest BCUT2D eigenvalue weighted by Crippen LogP contribution is -2.33. The van der Waals surface area contributed by atoms with E-state index in [1.807, 2.05) is 0 Å². The van der Waals surface area contributed by atoms with Crippen molar-refractivity contribution in [2.75, 3.05) is 0 Å².